The number of halogens is 3. The van der Waals surface area contributed by atoms with Crippen LogP contribution in [0.1, 0.15) is 15.9 Å². The largest absolute Gasteiger partial charge is 0.416 e. The van der Waals surface area contributed by atoms with Crippen molar-refractivity contribution in [3.05, 3.63) is 41.6 Å². The minimum atomic E-state index is -4.51. The Kier molecular flexibility index (Phi) is 5.15. The molecule has 0 radical (unpaired) electrons. The predicted molar refractivity (Wildman–Crippen MR) is 90.1 cm³/mol. The number of hydrogen-bond donors (Lipinski definition) is 1. The number of nitrogens with zero attached hydrogens (tertiary/aromatic N) is 4. The maximum Gasteiger partial charge on any atom is 0.416 e. The fourth-order valence-corrected chi connectivity index (χ4v) is 2.04. The van der Waals surface area contributed by atoms with Crippen molar-refractivity contribution in [3.8, 4) is 0 Å². The van der Waals surface area contributed by atoms with Crippen molar-refractivity contribution in [2.45, 2.75) is 6.18 Å². The summed E-state index contributed by atoms with van der Waals surface area (Å²) in [6.45, 7) is 0. The molecular formula is C16H18F3N5O. The van der Waals surface area contributed by atoms with Gasteiger partial charge in [0, 0.05) is 33.8 Å². The van der Waals surface area contributed by atoms with Crippen LogP contribution in [-0.4, -0.2) is 44.1 Å². The smallest absolute Gasteiger partial charge is 0.361 e. The molecule has 1 aromatic heterocycles. The third-order valence-corrected chi connectivity index (χ3v) is 3.28. The fraction of sp³-hybridized carbons (Fsp3) is 0.312. The standard InChI is InChI=1S/C16H18F3N5O/c1-23(2)13-12(9-20-15(22-13)24(3)4)21-14(25)10-6-5-7-11(8-10)16(17,18)19/h5-9H,1-4H3,(H,21,25). The van der Waals surface area contributed by atoms with E-state index in [1.165, 1.54) is 18.3 Å². The van der Waals surface area contributed by atoms with Crippen LogP contribution in [0, 0.1) is 0 Å². The molecule has 134 valence electrons. The molecule has 0 atom stereocenters. The normalized spacial score (nSPS) is 11.2. The Morgan fingerprint density at radius 2 is 1.80 bits per heavy atom. The number of benzene rings is 1. The highest BCUT2D eigenvalue weighted by molar-refractivity contribution is 6.05. The van der Waals surface area contributed by atoms with Crippen LogP contribution in [0.15, 0.2) is 30.5 Å². The minimum Gasteiger partial charge on any atom is -0.361 e. The highest BCUT2D eigenvalue weighted by Gasteiger charge is 2.31. The van der Waals surface area contributed by atoms with Gasteiger partial charge < -0.3 is 15.1 Å². The summed E-state index contributed by atoms with van der Waals surface area (Å²) in [6.07, 6.45) is -3.09. The van der Waals surface area contributed by atoms with Crippen LogP contribution >= 0.6 is 0 Å². The average molecular weight is 353 g/mol. The van der Waals surface area contributed by atoms with E-state index in [1.807, 2.05) is 0 Å². The van der Waals surface area contributed by atoms with Crippen molar-refractivity contribution >= 4 is 23.4 Å². The summed E-state index contributed by atoms with van der Waals surface area (Å²) < 4.78 is 38.4. The number of anilines is 3. The van der Waals surface area contributed by atoms with Gasteiger partial charge >= 0.3 is 6.18 Å². The Balaban J connectivity index is 2.32. The molecular weight excluding hydrogens is 335 g/mol. The van der Waals surface area contributed by atoms with E-state index in [1.54, 1.807) is 38.0 Å². The summed E-state index contributed by atoms with van der Waals surface area (Å²) in [5, 5.41) is 2.56. The molecule has 0 fully saturated rings. The quantitative estimate of drug-likeness (QED) is 0.916. The van der Waals surface area contributed by atoms with Crippen molar-refractivity contribution in [2.75, 3.05) is 43.3 Å². The zero-order valence-corrected chi connectivity index (χ0v) is 14.2. The SMILES string of the molecule is CN(C)c1ncc(NC(=O)c2cccc(C(F)(F)F)c2)c(N(C)C)n1. The maximum atomic E-state index is 12.8. The van der Waals surface area contributed by atoms with Crippen molar-refractivity contribution in [2.24, 2.45) is 0 Å². The van der Waals surface area contributed by atoms with Gasteiger partial charge in [-0.05, 0) is 18.2 Å². The number of nitrogens with one attached hydrogen (secondary N) is 1. The average Bonchev–Trinajstić information content (AvgIpc) is 2.54. The van der Waals surface area contributed by atoms with Crippen LogP contribution in [0.3, 0.4) is 0 Å². The Labute approximate surface area is 143 Å². The van der Waals surface area contributed by atoms with Gasteiger partial charge in [-0.1, -0.05) is 6.07 Å². The summed E-state index contributed by atoms with van der Waals surface area (Å²) in [4.78, 5) is 24.1. The number of rotatable bonds is 4. The summed E-state index contributed by atoms with van der Waals surface area (Å²) in [5.41, 5.74) is -0.679. The monoisotopic (exact) mass is 353 g/mol. The number of amides is 1. The molecule has 1 amide bonds. The van der Waals surface area contributed by atoms with Gasteiger partial charge in [0.05, 0.1) is 11.8 Å². The van der Waals surface area contributed by atoms with E-state index in [0.717, 1.165) is 12.1 Å². The van der Waals surface area contributed by atoms with Gasteiger partial charge in [0.15, 0.2) is 5.82 Å². The molecule has 2 rings (SSSR count). The van der Waals surface area contributed by atoms with Gasteiger partial charge in [0.1, 0.15) is 5.69 Å². The third kappa shape index (κ3) is 4.37. The van der Waals surface area contributed by atoms with Gasteiger partial charge in [-0.25, -0.2) is 4.98 Å². The summed E-state index contributed by atoms with van der Waals surface area (Å²) >= 11 is 0. The molecule has 9 heteroatoms. The first-order valence-electron chi connectivity index (χ1n) is 7.30. The second-order valence-electron chi connectivity index (χ2n) is 5.73. The first-order chi connectivity index (χ1) is 11.6. The summed E-state index contributed by atoms with van der Waals surface area (Å²) in [7, 11) is 7.02. The predicted octanol–water partition coefficient (Wildman–Crippen LogP) is 2.88. The van der Waals surface area contributed by atoms with Gasteiger partial charge in [-0.2, -0.15) is 18.2 Å². The molecule has 1 heterocycles. The lowest BCUT2D eigenvalue weighted by molar-refractivity contribution is -0.137. The lowest BCUT2D eigenvalue weighted by Crippen LogP contribution is -2.21. The molecule has 2 aromatic rings. The molecule has 0 aliphatic rings. The summed E-state index contributed by atoms with van der Waals surface area (Å²) in [6, 6.07) is 4.22. The molecule has 0 unspecified atom stereocenters. The van der Waals surface area contributed by atoms with Crippen LogP contribution in [-0.2, 0) is 6.18 Å². The molecule has 0 spiro atoms. The highest BCUT2D eigenvalue weighted by Crippen LogP contribution is 2.30. The highest BCUT2D eigenvalue weighted by atomic mass is 19.4. The Bertz CT molecular complexity index is 775. The minimum absolute atomic E-state index is 0.101. The van der Waals surface area contributed by atoms with Crippen LogP contribution < -0.4 is 15.1 Å². The number of carbonyl (C=O) groups is 1. The third-order valence-electron chi connectivity index (χ3n) is 3.28. The zero-order valence-electron chi connectivity index (χ0n) is 14.2. The molecule has 1 N–H and O–H groups in total. The van der Waals surface area contributed by atoms with E-state index in [2.05, 4.69) is 15.3 Å². The van der Waals surface area contributed by atoms with Crippen LogP contribution in [0.4, 0.5) is 30.6 Å². The topological polar surface area (TPSA) is 61.4 Å². The van der Waals surface area contributed by atoms with Gasteiger partial charge in [0.2, 0.25) is 5.95 Å². The van der Waals surface area contributed by atoms with E-state index >= 15 is 0 Å². The zero-order chi connectivity index (χ0) is 18.8. The van der Waals surface area contributed by atoms with Crippen molar-refractivity contribution < 1.29 is 18.0 Å². The van der Waals surface area contributed by atoms with Crippen LogP contribution in [0.25, 0.3) is 0 Å². The van der Waals surface area contributed by atoms with E-state index in [0.29, 0.717) is 17.5 Å². The Morgan fingerprint density at radius 3 is 2.36 bits per heavy atom. The fourth-order valence-electron chi connectivity index (χ4n) is 2.04. The summed E-state index contributed by atoms with van der Waals surface area (Å²) in [5.74, 6) is 0.218. The van der Waals surface area contributed by atoms with Crippen molar-refractivity contribution in [1.82, 2.24) is 9.97 Å². The first kappa shape index (κ1) is 18.5. The second-order valence-corrected chi connectivity index (χ2v) is 5.73. The van der Waals surface area contributed by atoms with Crippen molar-refractivity contribution in [1.29, 1.82) is 0 Å². The molecule has 1 aromatic carbocycles. The van der Waals surface area contributed by atoms with Gasteiger partial charge in [-0.15, -0.1) is 0 Å². The number of carbonyl (C=O) groups excluding carboxylic acids is 1. The van der Waals surface area contributed by atoms with Gasteiger partial charge in [0.25, 0.3) is 5.91 Å². The van der Waals surface area contributed by atoms with E-state index in [9.17, 15) is 18.0 Å². The lowest BCUT2D eigenvalue weighted by Gasteiger charge is -2.19. The first-order valence-corrected chi connectivity index (χ1v) is 7.30. The second kappa shape index (κ2) is 6.96. The van der Waals surface area contributed by atoms with Crippen LogP contribution in [0.2, 0.25) is 0 Å². The molecule has 0 saturated heterocycles. The molecule has 0 saturated carbocycles. The van der Waals surface area contributed by atoms with E-state index in [4.69, 9.17) is 0 Å². The van der Waals surface area contributed by atoms with Gasteiger partial charge in [-0.3, -0.25) is 4.79 Å². The molecule has 6 nitrogen and oxygen atoms in total. The Hall–Kier alpha value is -2.84. The number of aromatic nitrogens is 2. The molecule has 0 aliphatic heterocycles. The van der Waals surface area contributed by atoms with Crippen LogP contribution in [0.5, 0.6) is 0 Å². The number of hydrogen-bond acceptors (Lipinski definition) is 5. The van der Waals surface area contributed by atoms with Crippen molar-refractivity contribution in [3.63, 3.8) is 0 Å². The molecule has 25 heavy (non-hydrogen) atoms. The maximum absolute atomic E-state index is 12.8. The van der Waals surface area contributed by atoms with E-state index in [-0.39, 0.29) is 5.56 Å². The Morgan fingerprint density at radius 1 is 1.12 bits per heavy atom. The van der Waals surface area contributed by atoms with E-state index < -0.39 is 17.6 Å². The lowest BCUT2D eigenvalue weighted by atomic mass is 10.1. The molecule has 0 aliphatic carbocycles. The molecule has 0 bridgehead atoms. The number of alkyl halides is 3.